The van der Waals surface area contributed by atoms with E-state index in [-0.39, 0.29) is 96.6 Å². The van der Waals surface area contributed by atoms with Crippen LogP contribution in [0.15, 0.2) is 279 Å². The van der Waals surface area contributed by atoms with Crippen LogP contribution >= 0.6 is 22.6 Å². The molecule has 135 heavy (non-hydrogen) atoms. The van der Waals surface area contributed by atoms with Gasteiger partial charge in [-0.25, -0.2) is 9.59 Å². The van der Waals surface area contributed by atoms with E-state index in [2.05, 4.69) is 358 Å². The number of esters is 3. The number of ether oxygens (including phenoxy) is 5. The molecule has 0 spiro atoms. The Morgan fingerprint density at radius 1 is 0.459 bits per heavy atom. The van der Waals surface area contributed by atoms with E-state index in [1.807, 2.05) is 86.7 Å². The van der Waals surface area contributed by atoms with Crippen LogP contribution in [0.3, 0.4) is 0 Å². The zero-order valence-electron chi connectivity index (χ0n) is 85.2. The fourth-order valence-electron chi connectivity index (χ4n) is 15.4. The number of terminal acetylenes is 1. The summed E-state index contributed by atoms with van der Waals surface area (Å²) in [5.74, 6) is 22.8. The predicted molar refractivity (Wildman–Crippen MR) is 576 cm³/mol. The molecule has 8 rings (SSSR count). The third kappa shape index (κ3) is 42.9. The first-order chi connectivity index (χ1) is 63.4. The number of hydrogen-bond acceptors (Lipinski definition) is 14. The van der Waals surface area contributed by atoms with Crippen LogP contribution in [0.2, 0.25) is 15.1 Å². The number of carbonyl (C=O) groups is 3. The van der Waals surface area contributed by atoms with Gasteiger partial charge in [0.25, 0.3) is 35.1 Å². The van der Waals surface area contributed by atoms with Gasteiger partial charge in [0.1, 0.15) is 6.10 Å². The Labute approximate surface area is 845 Å². The number of carbonyl (C=O) groups excluding carboxylic acids is 3. The van der Waals surface area contributed by atoms with Crippen molar-refractivity contribution in [2.45, 2.75) is 274 Å². The number of halogens is 1. The maximum Gasteiger partial charge on any atom is 0.330 e. The van der Waals surface area contributed by atoms with Crippen molar-refractivity contribution in [3.63, 3.8) is 0 Å². The van der Waals surface area contributed by atoms with Crippen LogP contribution in [0, 0.1) is 79.0 Å². The van der Waals surface area contributed by atoms with Gasteiger partial charge in [-0.2, -0.15) is 8.42 Å². The Morgan fingerprint density at radius 3 is 1.08 bits per heavy atom. The zero-order valence-corrected chi connectivity index (χ0v) is 94.1. The number of benzene rings is 6. The molecule has 20 heteroatoms. The predicted octanol–water partition coefficient (Wildman–Crippen LogP) is 22.9. The molecule has 2 fully saturated rings. The fourth-order valence-corrected chi connectivity index (χ4v) is 31.1. The molecule has 2 aliphatic rings. The van der Waals surface area contributed by atoms with Crippen molar-refractivity contribution in [1.29, 1.82) is 0 Å². The van der Waals surface area contributed by atoms with Gasteiger partial charge < -0.3 is 44.4 Å². The van der Waals surface area contributed by atoms with Crippen LogP contribution in [0.5, 0.6) is 0 Å². The fraction of sp³-hybridized carbons (Fsp3) is 0.443. The second-order valence-corrected chi connectivity index (χ2v) is 51.7. The first-order valence-electron chi connectivity index (χ1n) is 47.3. The molecular weight excluding hydrogens is 1910 g/mol. The molecule has 2 heterocycles. The van der Waals surface area contributed by atoms with E-state index in [1.54, 1.807) is 32.1 Å². The van der Waals surface area contributed by atoms with Gasteiger partial charge in [-0.05, 0) is 141 Å². The maximum absolute atomic E-state index is 11.7. The van der Waals surface area contributed by atoms with E-state index in [0.717, 1.165) is 42.8 Å². The Morgan fingerprint density at radius 2 is 0.793 bits per heavy atom. The molecule has 0 amide bonds. The molecule has 0 N–H and O–H groups in total. The van der Waals surface area contributed by atoms with Crippen LogP contribution < -0.4 is 31.1 Å². The Hall–Kier alpha value is -8.40. The largest absolute Gasteiger partial charge is 0.466 e. The van der Waals surface area contributed by atoms with E-state index in [0.29, 0.717) is 81.7 Å². The molecule has 2 aliphatic heterocycles. The smallest absolute Gasteiger partial charge is 0.330 e. The van der Waals surface area contributed by atoms with Gasteiger partial charge in [-0.3, -0.25) is 8.98 Å². The molecule has 6 unspecified atom stereocenters. The zero-order chi connectivity index (χ0) is 98.4. The minimum absolute atomic E-state index is 0. The van der Waals surface area contributed by atoms with E-state index in [9.17, 15) is 22.8 Å². The summed E-state index contributed by atoms with van der Waals surface area (Å²) in [5.41, 5.74) is 0. The van der Waals surface area contributed by atoms with Crippen molar-refractivity contribution in [3.05, 3.63) is 287 Å². The van der Waals surface area contributed by atoms with Gasteiger partial charge in [-0.1, -0.05) is 438 Å². The molecule has 0 radical (unpaired) electrons. The number of allylic oxidation sites excluding steroid dienone is 11. The van der Waals surface area contributed by atoms with E-state index < -0.39 is 41.2 Å². The topological polar surface area (TPSA) is 168 Å². The number of rotatable bonds is 37. The van der Waals surface area contributed by atoms with Gasteiger partial charge in [0.05, 0.1) is 75.2 Å². The molecule has 2 saturated heterocycles. The van der Waals surface area contributed by atoms with Gasteiger partial charge >= 0.3 is 17.9 Å². The quantitative estimate of drug-likeness (QED) is 0.00345. The number of alkyl halides is 1. The summed E-state index contributed by atoms with van der Waals surface area (Å²) in [6.45, 7) is 46.2. The van der Waals surface area contributed by atoms with Crippen molar-refractivity contribution in [2.24, 2.45) is 23.7 Å². The third-order valence-corrected chi connectivity index (χ3v) is 39.4. The molecule has 0 aliphatic carbocycles. The Bertz CT molecular complexity index is 4680. The Balaban J connectivity index is 0.000000590. The Kier molecular flexibility index (Phi) is 59.5. The molecule has 0 bridgehead atoms. The van der Waals surface area contributed by atoms with Crippen LogP contribution in [0.4, 0.5) is 0 Å². The van der Waals surface area contributed by atoms with Crippen LogP contribution in [0.1, 0.15) is 210 Å². The second kappa shape index (κ2) is 65.5. The van der Waals surface area contributed by atoms with Crippen LogP contribution in [0.25, 0.3) is 0 Å². The normalized spacial score (nSPS) is 17.7. The summed E-state index contributed by atoms with van der Waals surface area (Å²) in [5, 5.41) is 7.16. The molecule has 12 atom stereocenters. The minimum atomic E-state index is -3.46. The van der Waals surface area contributed by atoms with Crippen molar-refractivity contribution >= 4 is 107 Å². The van der Waals surface area contributed by atoms with Gasteiger partial charge in [0.2, 0.25) is 0 Å². The summed E-state index contributed by atoms with van der Waals surface area (Å²) >= 11 is 2.32. The summed E-state index contributed by atoms with van der Waals surface area (Å²) in [7, 11) is -11.5. The standard InChI is InChI=1S/2C33H42O3Si.C23H28OSi.C15H24O4S.C10H17IO3.CH3.Zn/c2*1-7-28(3)20-12-9-13-21-29(22-18-19-27-32(34)35-8-2)36-37(33(4,5)6,30-23-14-10-15-24-30)31-25-16-11-17-26-31;1-6-8-15-20(7-2)24-25(23(3,4)5,21-16-11-9-12-17-21)22-18-13-10-14-19-22;1-5-12(2)9-7-6-8-10-14-15(11-13(3)18-14)19-20(4,16)17;1-3-13-10(12)5-8-4-7(2)9(6-11)14-8;;/h2*10-12,14-20,22-29H,7-8,21H2,1-6H3;1,8-20H,7H2,2-5H3;7,9,12-15H,5,10-11H2,1-4H3;7-9H,3-6H2,1-2H3;1H3;/q;;;;;-1;/b2*20-12+,22-18+,27-19+;15-8+;9-7+;;;/t2*28-,29-;20-;12-,13?,14?,15?;;;/m1111.../s1. The molecule has 14 nitrogen and oxygen atoms in total. The van der Waals surface area contributed by atoms with E-state index in [4.69, 9.17) is 47.6 Å². The van der Waals surface area contributed by atoms with E-state index in [1.165, 1.54) is 43.3 Å². The monoisotopic (exact) mass is 2070 g/mol. The molecule has 0 aromatic heterocycles. The summed E-state index contributed by atoms with van der Waals surface area (Å²) in [6, 6.07) is 63.7. The third-order valence-electron chi connectivity index (χ3n) is 22.8. The molecular formula is C115H156IO14SSi3Zn-. The van der Waals surface area contributed by atoms with Crippen molar-refractivity contribution in [1.82, 2.24) is 0 Å². The van der Waals surface area contributed by atoms with Gasteiger partial charge in [0.15, 0.2) is 0 Å². The van der Waals surface area contributed by atoms with Crippen molar-refractivity contribution in [2.75, 3.05) is 30.5 Å². The summed E-state index contributed by atoms with van der Waals surface area (Å²) in [4.78, 5) is 34.7. The van der Waals surface area contributed by atoms with Crippen LogP contribution in [-0.2, 0) is 85.1 Å². The van der Waals surface area contributed by atoms with E-state index >= 15 is 0 Å². The SMILES string of the molecule is C#C/C=C/[C@@H](CC)O[Si](c1ccccc1)(c1ccccc1)C(C)(C)C.CCOC(=O)/C=C/C=C/[C@@H](CC#C/C=C/[C@H](C)CC)O[Si](c1ccccc1)(c1ccccc1)C(C)(C)C.CCOC(=O)/C=C/C=C/[C@@H](CC#C/C=C/[C@H](C)CC)O[Si](c1ccccc1)(c1ccccc1)C(C)(C)C.CCOC(=O)CC1CC(C)C(CI)O1.CC[C@@H](C)/C=C/C#CCC1OC(C)CC1OS(C)(=O)=O.[CH3-].[Zn]. The van der Waals surface area contributed by atoms with Gasteiger partial charge in [-0.15, -0.1) is 6.42 Å². The molecule has 728 valence electrons. The average molecular weight is 2070 g/mol. The van der Waals surface area contributed by atoms with Gasteiger partial charge in [0, 0.05) is 61.7 Å². The molecule has 0 saturated carbocycles. The molecule has 6 aromatic rings. The van der Waals surface area contributed by atoms with Crippen molar-refractivity contribution < 1.29 is 83.4 Å². The first-order valence-corrected chi connectivity index (χ1v) is 56.4. The second-order valence-electron chi connectivity index (χ2n) is 36.4. The first kappa shape index (κ1) is 123. The maximum atomic E-state index is 11.7. The minimum Gasteiger partial charge on any atom is -0.466 e. The summed E-state index contributed by atoms with van der Waals surface area (Å²) < 4.78 is 76.2. The summed E-state index contributed by atoms with van der Waals surface area (Å²) in [6.07, 6.45) is 43.2. The van der Waals surface area contributed by atoms with Crippen LogP contribution in [-0.4, -0.2) is 131 Å². The van der Waals surface area contributed by atoms with Crippen molar-refractivity contribution in [3.8, 4) is 47.9 Å². The average Bonchev–Trinajstić information content (AvgIpc) is 0.958. The number of hydrogen-bond donors (Lipinski definition) is 0. The molecule has 6 aromatic carbocycles.